The van der Waals surface area contributed by atoms with Crippen molar-refractivity contribution >= 4 is 35.6 Å². The van der Waals surface area contributed by atoms with Gasteiger partial charge in [-0.15, -0.1) is 24.0 Å². The summed E-state index contributed by atoms with van der Waals surface area (Å²) in [4.78, 5) is 13.6. The number of aromatic nitrogens is 1. The quantitative estimate of drug-likeness (QED) is 0.250. The van der Waals surface area contributed by atoms with Crippen LogP contribution < -0.4 is 15.0 Å². The Balaban J connectivity index is 0.00000324. The summed E-state index contributed by atoms with van der Waals surface area (Å²) in [6.45, 7) is 7.33. The number of ether oxygens (including phenoxy) is 1. The number of nitrogens with zero attached hydrogens (tertiary/aromatic N) is 4. The van der Waals surface area contributed by atoms with Crippen LogP contribution in [0.25, 0.3) is 0 Å². The molecule has 0 aliphatic carbocycles. The minimum atomic E-state index is 0. The molecule has 0 bridgehead atoms. The molecule has 3 aromatic rings. The molecule has 0 radical (unpaired) electrons. The number of hydrogen-bond acceptors (Lipinski definition) is 5. The number of rotatable bonds is 7. The second-order valence-corrected chi connectivity index (χ2v) is 7.89. The maximum Gasteiger partial charge on any atom is 0.194 e. The predicted octanol–water partition coefficient (Wildman–Crippen LogP) is 4.27. The molecule has 1 fully saturated rings. The lowest BCUT2D eigenvalue weighted by Crippen LogP contribution is -2.52. The molecule has 1 aromatic heterocycles. The Labute approximate surface area is 218 Å². The third-order valence-corrected chi connectivity index (χ3v) is 5.58. The van der Waals surface area contributed by atoms with E-state index in [0.29, 0.717) is 18.9 Å². The van der Waals surface area contributed by atoms with E-state index in [1.165, 1.54) is 0 Å². The smallest absolute Gasteiger partial charge is 0.194 e. The summed E-state index contributed by atoms with van der Waals surface area (Å²) >= 11 is 0. The molecule has 2 heterocycles. The van der Waals surface area contributed by atoms with E-state index in [9.17, 15) is 5.11 Å². The summed E-state index contributed by atoms with van der Waals surface area (Å²) in [5, 5.41) is 13.6. The predicted molar refractivity (Wildman–Crippen MR) is 147 cm³/mol. The fourth-order valence-corrected chi connectivity index (χ4v) is 3.81. The van der Waals surface area contributed by atoms with Gasteiger partial charge >= 0.3 is 0 Å². The molecule has 0 spiro atoms. The van der Waals surface area contributed by atoms with Crippen LogP contribution in [-0.4, -0.2) is 53.7 Å². The number of pyridine rings is 1. The normalized spacial score (nSPS) is 13.9. The van der Waals surface area contributed by atoms with Gasteiger partial charge in [-0.25, -0.2) is 4.99 Å². The molecular formula is C26H32IN5O2. The summed E-state index contributed by atoms with van der Waals surface area (Å²) in [7, 11) is 0. The number of benzene rings is 2. The maximum atomic E-state index is 10.1. The van der Waals surface area contributed by atoms with Gasteiger partial charge in [0.15, 0.2) is 5.96 Å². The van der Waals surface area contributed by atoms with Crippen LogP contribution in [0.3, 0.4) is 0 Å². The monoisotopic (exact) mass is 573 g/mol. The SMILES string of the molecule is CCNC(=NCc1ccc(OCc2ccccn2)cc1)N1CCN(c2ccccc2O)CC1.I. The van der Waals surface area contributed by atoms with E-state index >= 15 is 0 Å². The zero-order valence-electron chi connectivity index (χ0n) is 19.4. The van der Waals surface area contributed by atoms with Crippen molar-refractivity contribution in [2.24, 2.45) is 4.99 Å². The number of aliphatic imine (C=N–C) groups is 1. The van der Waals surface area contributed by atoms with Gasteiger partial charge in [0, 0.05) is 38.9 Å². The molecule has 180 valence electrons. The summed E-state index contributed by atoms with van der Waals surface area (Å²) < 4.78 is 5.82. The van der Waals surface area contributed by atoms with Gasteiger partial charge in [-0.1, -0.05) is 30.3 Å². The van der Waals surface area contributed by atoms with Gasteiger partial charge in [0.05, 0.1) is 17.9 Å². The molecule has 1 aliphatic rings. The molecule has 0 atom stereocenters. The van der Waals surface area contributed by atoms with Crippen LogP contribution in [0.5, 0.6) is 11.5 Å². The van der Waals surface area contributed by atoms with E-state index in [-0.39, 0.29) is 24.0 Å². The molecule has 8 heteroatoms. The molecule has 1 aliphatic heterocycles. The highest BCUT2D eigenvalue weighted by Gasteiger charge is 2.21. The number of nitrogens with one attached hydrogen (secondary N) is 1. The van der Waals surface area contributed by atoms with Crippen molar-refractivity contribution < 1.29 is 9.84 Å². The van der Waals surface area contributed by atoms with Crippen molar-refractivity contribution in [1.82, 2.24) is 15.2 Å². The summed E-state index contributed by atoms with van der Waals surface area (Å²) in [6, 6.07) is 21.4. The van der Waals surface area contributed by atoms with E-state index < -0.39 is 0 Å². The van der Waals surface area contributed by atoms with E-state index in [1.54, 1.807) is 12.3 Å². The fraction of sp³-hybridized carbons (Fsp3) is 0.308. The Bertz CT molecular complexity index is 1040. The number of guanidine groups is 1. The summed E-state index contributed by atoms with van der Waals surface area (Å²) in [6.07, 6.45) is 1.77. The van der Waals surface area contributed by atoms with Crippen molar-refractivity contribution in [3.63, 3.8) is 0 Å². The maximum absolute atomic E-state index is 10.1. The van der Waals surface area contributed by atoms with Crippen molar-refractivity contribution in [1.29, 1.82) is 0 Å². The second kappa shape index (κ2) is 13.0. The molecule has 2 aromatic carbocycles. The molecule has 0 amide bonds. The topological polar surface area (TPSA) is 73.2 Å². The largest absolute Gasteiger partial charge is 0.506 e. The average Bonchev–Trinajstić information content (AvgIpc) is 2.87. The molecule has 2 N–H and O–H groups in total. The zero-order chi connectivity index (χ0) is 22.9. The van der Waals surface area contributed by atoms with Crippen LogP contribution in [0.4, 0.5) is 5.69 Å². The first kappa shape index (κ1) is 25.6. The Morgan fingerprint density at radius 3 is 2.41 bits per heavy atom. The first-order valence-corrected chi connectivity index (χ1v) is 11.4. The minimum absolute atomic E-state index is 0. The molecule has 1 saturated heterocycles. The van der Waals surface area contributed by atoms with Gasteiger partial charge < -0.3 is 25.0 Å². The average molecular weight is 573 g/mol. The number of phenols is 1. The Morgan fingerprint density at radius 1 is 1.00 bits per heavy atom. The second-order valence-electron chi connectivity index (χ2n) is 7.89. The van der Waals surface area contributed by atoms with Gasteiger partial charge in [0.25, 0.3) is 0 Å². The van der Waals surface area contributed by atoms with Crippen molar-refractivity contribution in [2.75, 3.05) is 37.6 Å². The summed E-state index contributed by atoms with van der Waals surface area (Å²) in [5.74, 6) is 2.07. The lowest BCUT2D eigenvalue weighted by molar-refractivity contribution is 0.301. The van der Waals surface area contributed by atoms with Crippen LogP contribution in [-0.2, 0) is 13.2 Å². The zero-order valence-corrected chi connectivity index (χ0v) is 21.8. The van der Waals surface area contributed by atoms with Crippen molar-refractivity contribution in [3.05, 3.63) is 84.2 Å². The molecule has 34 heavy (non-hydrogen) atoms. The fourth-order valence-electron chi connectivity index (χ4n) is 3.81. The van der Waals surface area contributed by atoms with E-state index in [1.807, 2.05) is 48.5 Å². The molecule has 0 unspecified atom stereocenters. The van der Waals surface area contributed by atoms with Crippen molar-refractivity contribution in [3.8, 4) is 11.5 Å². The number of piperazine rings is 1. The van der Waals surface area contributed by atoms with Gasteiger partial charge in [-0.2, -0.15) is 0 Å². The van der Waals surface area contributed by atoms with E-state index in [0.717, 1.165) is 61.4 Å². The Morgan fingerprint density at radius 2 is 1.74 bits per heavy atom. The van der Waals surface area contributed by atoms with Crippen LogP contribution in [0.1, 0.15) is 18.2 Å². The number of halogens is 1. The highest BCUT2D eigenvalue weighted by Crippen LogP contribution is 2.27. The van der Waals surface area contributed by atoms with Crippen LogP contribution >= 0.6 is 24.0 Å². The number of aromatic hydroxyl groups is 1. The molecule has 4 rings (SSSR count). The first-order chi connectivity index (χ1) is 16.2. The van der Waals surface area contributed by atoms with Gasteiger partial charge in [0.2, 0.25) is 0 Å². The molecular weight excluding hydrogens is 541 g/mol. The van der Waals surface area contributed by atoms with Crippen LogP contribution in [0.2, 0.25) is 0 Å². The Hall–Kier alpha value is -3.01. The third kappa shape index (κ3) is 6.99. The number of para-hydroxylation sites is 2. The minimum Gasteiger partial charge on any atom is -0.506 e. The number of phenolic OH excluding ortho intramolecular Hbond substituents is 1. The molecule has 7 nitrogen and oxygen atoms in total. The number of anilines is 1. The van der Waals surface area contributed by atoms with E-state index in [4.69, 9.17) is 9.73 Å². The van der Waals surface area contributed by atoms with Crippen LogP contribution in [0.15, 0.2) is 77.9 Å². The van der Waals surface area contributed by atoms with Gasteiger partial charge in [0.1, 0.15) is 18.1 Å². The Kier molecular flexibility index (Phi) is 9.81. The lowest BCUT2D eigenvalue weighted by atomic mass is 10.2. The highest BCUT2D eigenvalue weighted by atomic mass is 127. The third-order valence-electron chi connectivity index (χ3n) is 5.58. The highest BCUT2D eigenvalue weighted by molar-refractivity contribution is 14.0. The standard InChI is InChI=1S/C26H31N5O2.HI/c1-2-27-26(31-17-15-30(16-18-31)24-8-3-4-9-25(24)32)29-19-21-10-12-23(13-11-21)33-20-22-7-5-6-14-28-22;/h3-14,32H,2,15-20H2,1H3,(H,27,29);1H. The summed E-state index contributed by atoms with van der Waals surface area (Å²) in [5.41, 5.74) is 2.93. The van der Waals surface area contributed by atoms with Gasteiger partial charge in [-0.3, -0.25) is 4.98 Å². The van der Waals surface area contributed by atoms with Crippen LogP contribution in [0, 0.1) is 0 Å². The van der Waals surface area contributed by atoms with Crippen molar-refractivity contribution in [2.45, 2.75) is 20.1 Å². The molecule has 0 saturated carbocycles. The first-order valence-electron chi connectivity index (χ1n) is 11.4. The lowest BCUT2D eigenvalue weighted by Gasteiger charge is -2.37. The van der Waals surface area contributed by atoms with E-state index in [2.05, 4.69) is 39.2 Å². The van der Waals surface area contributed by atoms with Gasteiger partial charge in [-0.05, 0) is 48.9 Å². The number of hydrogen-bond donors (Lipinski definition) is 2.